The zero-order valence-corrected chi connectivity index (χ0v) is 15.1. The van der Waals surface area contributed by atoms with Gasteiger partial charge in [0.1, 0.15) is 5.69 Å². The minimum atomic E-state index is -4.88. The van der Waals surface area contributed by atoms with Crippen LogP contribution in [0.15, 0.2) is 27.8 Å². The normalized spacial score (nSPS) is 11.2. The molecule has 0 aliphatic rings. The molecule has 0 atom stereocenters. The van der Waals surface area contributed by atoms with Crippen LogP contribution in [0.2, 0.25) is 5.02 Å². The Balaban J connectivity index is 0.00000264. The van der Waals surface area contributed by atoms with Crippen molar-refractivity contribution in [1.82, 2.24) is 9.13 Å². The first-order valence-electron chi connectivity index (χ1n) is 5.98. The number of hydrogen-bond donors (Lipinski definition) is 0. The molecule has 4 nitrogen and oxygen atoms in total. The largest absolute Gasteiger partial charge is 0.431 e. The zero-order chi connectivity index (χ0) is 16.7. The van der Waals surface area contributed by atoms with E-state index < -0.39 is 34.6 Å². The predicted molar refractivity (Wildman–Crippen MR) is 70.8 cm³/mol. The molecule has 1 heterocycles. The van der Waals surface area contributed by atoms with E-state index in [2.05, 4.69) is 6.07 Å². The number of alkyl halides is 3. The number of benzene rings is 1. The van der Waals surface area contributed by atoms with Gasteiger partial charge in [0.05, 0.1) is 0 Å². The maximum absolute atomic E-state index is 13.8. The van der Waals surface area contributed by atoms with Crippen LogP contribution in [0.3, 0.4) is 0 Å². The number of hydrogen-bond acceptors (Lipinski definition) is 2. The Hall–Kier alpha value is -1.40. The molecule has 0 N–H and O–H groups in total. The summed E-state index contributed by atoms with van der Waals surface area (Å²) in [5, 5.41) is -0.1000. The molecule has 0 aliphatic carbocycles. The molecule has 0 bridgehead atoms. The molecular weight excluding hydrogens is 511 g/mol. The molecule has 0 aliphatic heterocycles. The Labute approximate surface area is 146 Å². The maximum Gasteiger partial charge on any atom is 0.431 e. The molecule has 1 aromatic carbocycles. The van der Waals surface area contributed by atoms with Gasteiger partial charge in [0.15, 0.2) is 0 Å². The first-order chi connectivity index (χ1) is 10.2. The molecule has 0 radical (unpaired) electrons. The van der Waals surface area contributed by atoms with Crippen molar-refractivity contribution in [2.45, 2.75) is 19.6 Å². The maximum atomic E-state index is 13.8. The summed E-state index contributed by atoms with van der Waals surface area (Å²) in [5.41, 5.74) is -4.50. The van der Waals surface area contributed by atoms with Crippen molar-refractivity contribution in [3.8, 4) is 5.69 Å². The van der Waals surface area contributed by atoms with Crippen molar-refractivity contribution in [1.29, 1.82) is 0 Å². The molecule has 1 aromatic heterocycles. The van der Waals surface area contributed by atoms with Gasteiger partial charge in [-0.2, -0.15) is 19.2 Å². The fourth-order valence-corrected chi connectivity index (χ4v) is 2.09. The summed E-state index contributed by atoms with van der Waals surface area (Å²) in [7, 11) is 0. The van der Waals surface area contributed by atoms with Crippen molar-refractivity contribution < 1.29 is 38.6 Å². The minimum absolute atomic E-state index is 0. The fraction of sp³-hybridized carbons (Fsp3) is 0.231. The molecular formula is C13H8ClF4N2O2W-. The van der Waals surface area contributed by atoms with Crippen LogP contribution >= 0.6 is 11.6 Å². The summed E-state index contributed by atoms with van der Waals surface area (Å²) < 4.78 is 53.0. The van der Waals surface area contributed by atoms with Gasteiger partial charge in [-0.15, -0.1) is 23.7 Å². The van der Waals surface area contributed by atoms with Gasteiger partial charge in [0.25, 0.3) is 0 Å². The summed E-state index contributed by atoms with van der Waals surface area (Å²) in [5.74, 6) is -1.02. The molecule has 0 saturated carbocycles. The fourth-order valence-electron chi connectivity index (χ4n) is 1.94. The first kappa shape index (κ1) is 19.6. The second kappa shape index (κ2) is 7.01. The molecule has 10 heteroatoms. The standard InChI is InChI=1S/C13H8ClF4N2O2.W/c1-2-19-10(13(16,17)18)6-11(21)20(12(19)22)9-4-3-7(14)5-8(9)15;/h4-6H,2H2,1H3;/q-1;. The van der Waals surface area contributed by atoms with Crippen LogP contribution in [0.4, 0.5) is 17.6 Å². The summed E-state index contributed by atoms with van der Waals surface area (Å²) in [6, 6.07) is 4.35. The molecule has 0 amide bonds. The third kappa shape index (κ3) is 3.75. The van der Waals surface area contributed by atoms with Gasteiger partial charge in [-0.3, -0.25) is 13.9 Å². The van der Waals surface area contributed by atoms with Gasteiger partial charge in [-0.1, -0.05) is 5.02 Å². The Morgan fingerprint density at radius 1 is 1.26 bits per heavy atom. The van der Waals surface area contributed by atoms with E-state index in [4.69, 9.17) is 11.6 Å². The van der Waals surface area contributed by atoms with Crippen molar-refractivity contribution in [2.75, 3.05) is 0 Å². The third-order valence-electron chi connectivity index (χ3n) is 2.89. The van der Waals surface area contributed by atoms with Gasteiger partial charge in [-0.05, 0) is 12.6 Å². The summed E-state index contributed by atoms with van der Waals surface area (Å²) in [6.45, 7) is 0.961. The molecule has 0 unspecified atom stereocenters. The van der Waals surface area contributed by atoms with Gasteiger partial charge in [-0.25, -0.2) is 9.18 Å². The Morgan fingerprint density at radius 2 is 1.87 bits per heavy atom. The smallest absolute Gasteiger partial charge is 0.290 e. The van der Waals surface area contributed by atoms with Gasteiger partial charge in [0, 0.05) is 39.5 Å². The van der Waals surface area contributed by atoms with Crippen molar-refractivity contribution >= 4 is 11.6 Å². The van der Waals surface area contributed by atoms with Crippen LogP contribution < -0.4 is 11.2 Å². The number of nitrogens with zero attached hydrogens (tertiary/aromatic N) is 2. The van der Waals surface area contributed by atoms with Gasteiger partial charge in [0.2, 0.25) is 5.56 Å². The Bertz CT molecular complexity index is 845. The average Bonchev–Trinajstić information content (AvgIpc) is 2.39. The monoisotopic (exact) mass is 519 g/mol. The van der Waals surface area contributed by atoms with E-state index in [1.54, 1.807) is 0 Å². The quantitative estimate of drug-likeness (QED) is 0.453. The molecule has 2 aromatic rings. The average molecular weight is 520 g/mol. The number of rotatable bonds is 2. The SMILES string of the molecule is CCn1c(C(F)(F)F)cc(=O)n(-c2c[c-]c(Cl)cc2F)c1=O.[W]. The predicted octanol–water partition coefficient (Wildman–Crippen LogP) is 2.63. The van der Waals surface area contributed by atoms with Crippen molar-refractivity contribution in [3.63, 3.8) is 0 Å². The van der Waals surface area contributed by atoms with E-state index in [1.807, 2.05) is 0 Å². The van der Waals surface area contributed by atoms with Crippen LogP contribution in [0.1, 0.15) is 12.6 Å². The summed E-state index contributed by atoms with van der Waals surface area (Å²) in [6.07, 6.45) is -4.88. The van der Waals surface area contributed by atoms with Crippen LogP contribution in [-0.4, -0.2) is 9.13 Å². The molecule has 2 rings (SSSR count). The van der Waals surface area contributed by atoms with Gasteiger partial charge < -0.3 is 0 Å². The Morgan fingerprint density at radius 3 is 2.35 bits per heavy atom. The molecule has 124 valence electrons. The molecule has 0 fully saturated rings. The van der Waals surface area contributed by atoms with Crippen LogP contribution in [0.25, 0.3) is 5.69 Å². The second-order valence-electron chi connectivity index (χ2n) is 4.24. The third-order valence-corrected chi connectivity index (χ3v) is 3.10. The topological polar surface area (TPSA) is 44.0 Å². The zero-order valence-electron chi connectivity index (χ0n) is 11.4. The van der Waals surface area contributed by atoms with E-state index in [0.717, 1.165) is 12.1 Å². The number of halogens is 5. The van der Waals surface area contributed by atoms with E-state index in [-0.39, 0.29) is 38.7 Å². The van der Waals surface area contributed by atoms with E-state index in [0.29, 0.717) is 9.13 Å². The summed E-state index contributed by atoms with van der Waals surface area (Å²) in [4.78, 5) is 24.0. The molecule has 0 saturated heterocycles. The summed E-state index contributed by atoms with van der Waals surface area (Å²) >= 11 is 5.51. The minimum Gasteiger partial charge on any atom is -0.290 e. The number of aromatic nitrogens is 2. The molecule has 0 spiro atoms. The van der Waals surface area contributed by atoms with Crippen LogP contribution in [-0.2, 0) is 33.8 Å². The van der Waals surface area contributed by atoms with E-state index >= 15 is 0 Å². The first-order valence-corrected chi connectivity index (χ1v) is 6.35. The molecule has 23 heavy (non-hydrogen) atoms. The van der Waals surface area contributed by atoms with E-state index in [1.165, 1.54) is 6.92 Å². The van der Waals surface area contributed by atoms with Gasteiger partial charge >= 0.3 is 11.9 Å². The Kier molecular flexibility index (Phi) is 5.99. The van der Waals surface area contributed by atoms with Crippen molar-refractivity contribution in [3.05, 3.63) is 61.6 Å². The van der Waals surface area contributed by atoms with Crippen molar-refractivity contribution in [2.24, 2.45) is 0 Å². The second-order valence-corrected chi connectivity index (χ2v) is 4.65. The van der Waals surface area contributed by atoms with Crippen LogP contribution in [0, 0.1) is 11.9 Å². The van der Waals surface area contributed by atoms with E-state index in [9.17, 15) is 27.2 Å². The van der Waals surface area contributed by atoms with Crippen LogP contribution in [0.5, 0.6) is 0 Å².